The van der Waals surface area contributed by atoms with Crippen molar-refractivity contribution in [2.75, 3.05) is 19.7 Å². The van der Waals surface area contributed by atoms with Crippen LogP contribution >= 0.6 is 0 Å². The first-order valence-electron chi connectivity index (χ1n) is 11.7. The molecule has 1 aromatic carbocycles. The van der Waals surface area contributed by atoms with E-state index in [0.717, 1.165) is 25.9 Å². The topological polar surface area (TPSA) is 42.0 Å². The van der Waals surface area contributed by atoms with Crippen LogP contribution in [0.5, 0.6) is 0 Å². The highest BCUT2D eigenvalue weighted by molar-refractivity contribution is 6.74. The fourth-order valence-electron chi connectivity index (χ4n) is 4.05. The van der Waals surface area contributed by atoms with Gasteiger partial charge in [-0.05, 0) is 57.3 Å². The molecule has 31 heavy (non-hydrogen) atoms. The van der Waals surface area contributed by atoms with Gasteiger partial charge in [-0.3, -0.25) is 4.90 Å². The van der Waals surface area contributed by atoms with Gasteiger partial charge in [0.25, 0.3) is 0 Å². The number of rotatable bonds is 5. The van der Waals surface area contributed by atoms with Gasteiger partial charge in [-0.1, -0.05) is 51.1 Å². The van der Waals surface area contributed by atoms with Crippen LogP contribution in [0.25, 0.3) is 0 Å². The van der Waals surface area contributed by atoms with Crippen LogP contribution in [0.4, 0.5) is 4.79 Å². The van der Waals surface area contributed by atoms with Crippen LogP contribution in [0.2, 0.25) is 18.1 Å². The Morgan fingerprint density at radius 3 is 2.23 bits per heavy atom. The summed E-state index contributed by atoms with van der Waals surface area (Å²) in [4.78, 5) is 17.5. The maximum absolute atomic E-state index is 13.0. The minimum absolute atomic E-state index is 0.0481. The molecule has 1 saturated carbocycles. The number of ether oxygens (including phenoxy) is 1. The summed E-state index contributed by atoms with van der Waals surface area (Å²) >= 11 is 0. The molecule has 1 spiro atoms. The standard InChI is InChI=1S/C25H42N2O3Si/c1-23(2,3)30-22(28)26-17-21(18-29-31(7,8)24(4,5)6)27(25(19-26)14-15-25)16-20-12-10-9-11-13-20/h9-13,21H,14-19H2,1-8H3/t21-/m1/s1. The normalized spacial score (nSPS) is 21.9. The number of amides is 1. The average molecular weight is 447 g/mol. The molecule has 1 aromatic rings. The second kappa shape index (κ2) is 8.52. The molecule has 0 radical (unpaired) electrons. The molecule has 5 nitrogen and oxygen atoms in total. The molecule has 0 aromatic heterocycles. The number of carbonyl (C=O) groups is 1. The van der Waals surface area contributed by atoms with Gasteiger partial charge in [-0.2, -0.15) is 0 Å². The summed E-state index contributed by atoms with van der Waals surface area (Å²) in [7, 11) is -1.89. The Balaban J connectivity index is 1.82. The highest BCUT2D eigenvalue weighted by Gasteiger charge is 2.55. The first-order valence-corrected chi connectivity index (χ1v) is 14.6. The molecule has 3 rings (SSSR count). The van der Waals surface area contributed by atoms with E-state index in [1.165, 1.54) is 5.56 Å². The molecule has 6 heteroatoms. The molecule has 2 fully saturated rings. The van der Waals surface area contributed by atoms with Gasteiger partial charge in [-0.25, -0.2) is 4.79 Å². The lowest BCUT2D eigenvalue weighted by Crippen LogP contribution is -2.63. The summed E-state index contributed by atoms with van der Waals surface area (Å²) in [6.07, 6.45) is 2.04. The highest BCUT2D eigenvalue weighted by Crippen LogP contribution is 2.47. The third kappa shape index (κ3) is 5.91. The van der Waals surface area contributed by atoms with Crippen molar-refractivity contribution in [1.29, 1.82) is 0 Å². The smallest absolute Gasteiger partial charge is 0.410 e. The van der Waals surface area contributed by atoms with Crippen LogP contribution in [-0.4, -0.2) is 61.1 Å². The second-order valence-electron chi connectivity index (χ2n) is 11.9. The number of nitrogens with zero attached hydrogens (tertiary/aromatic N) is 2. The molecule has 174 valence electrons. The molecule has 0 bridgehead atoms. The molecule has 1 atom stereocenters. The average Bonchev–Trinajstić information content (AvgIpc) is 3.40. The number of hydrogen-bond acceptors (Lipinski definition) is 4. The first-order chi connectivity index (χ1) is 14.2. The number of piperazine rings is 1. The molecule has 1 aliphatic carbocycles. The van der Waals surface area contributed by atoms with E-state index in [1.807, 2.05) is 25.7 Å². The van der Waals surface area contributed by atoms with Crippen LogP contribution in [-0.2, 0) is 15.7 Å². The minimum Gasteiger partial charge on any atom is -0.444 e. The fourth-order valence-corrected chi connectivity index (χ4v) is 5.09. The Bertz CT molecular complexity index is 763. The Morgan fingerprint density at radius 1 is 1.10 bits per heavy atom. The zero-order chi connectivity index (χ0) is 23.1. The van der Waals surface area contributed by atoms with Gasteiger partial charge < -0.3 is 14.1 Å². The van der Waals surface area contributed by atoms with Gasteiger partial charge in [0, 0.05) is 25.2 Å². The summed E-state index contributed by atoms with van der Waals surface area (Å²) in [6, 6.07) is 10.8. The van der Waals surface area contributed by atoms with Gasteiger partial charge in [0.2, 0.25) is 0 Å². The van der Waals surface area contributed by atoms with Gasteiger partial charge in [0.1, 0.15) is 5.60 Å². The van der Waals surface area contributed by atoms with Crippen LogP contribution < -0.4 is 0 Å². The van der Waals surface area contributed by atoms with Crippen molar-refractivity contribution in [2.45, 2.75) is 96.2 Å². The Hall–Kier alpha value is -1.37. The van der Waals surface area contributed by atoms with Crippen molar-refractivity contribution in [1.82, 2.24) is 9.80 Å². The Labute approximate surface area is 190 Å². The molecule has 1 heterocycles. The maximum Gasteiger partial charge on any atom is 0.410 e. The third-order valence-electron chi connectivity index (χ3n) is 7.08. The van der Waals surface area contributed by atoms with Gasteiger partial charge in [0.05, 0.1) is 12.6 Å². The second-order valence-corrected chi connectivity index (χ2v) is 16.7. The van der Waals surface area contributed by atoms with E-state index < -0.39 is 13.9 Å². The predicted molar refractivity (Wildman–Crippen MR) is 129 cm³/mol. The molecule has 1 amide bonds. The largest absolute Gasteiger partial charge is 0.444 e. The number of benzene rings is 1. The zero-order valence-corrected chi connectivity index (χ0v) is 21.8. The van der Waals surface area contributed by atoms with Crippen LogP contribution in [0.15, 0.2) is 30.3 Å². The number of hydrogen-bond donors (Lipinski definition) is 0. The van der Waals surface area contributed by atoms with E-state index in [4.69, 9.17) is 9.16 Å². The van der Waals surface area contributed by atoms with Gasteiger partial charge >= 0.3 is 6.09 Å². The molecule has 1 aliphatic heterocycles. The number of carbonyl (C=O) groups excluding carboxylic acids is 1. The van der Waals surface area contributed by atoms with E-state index >= 15 is 0 Å². The third-order valence-corrected chi connectivity index (χ3v) is 11.6. The lowest BCUT2D eigenvalue weighted by atomic mass is 10.0. The van der Waals surface area contributed by atoms with Crippen molar-refractivity contribution in [3.8, 4) is 0 Å². The zero-order valence-electron chi connectivity index (χ0n) is 20.8. The van der Waals surface area contributed by atoms with Crippen molar-refractivity contribution >= 4 is 14.4 Å². The van der Waals surface area contributed by atoms with Crippen molar-refractivity contribution in [3.63, 3.8) is 0 Å². The summed E-state index contributed by atoms with van der Waals surface area (Å²) < 4.78 is 12.4. The highest BCUT2D eigenvalue weighted by atomic mass is 28.4. The van der Waals surface area contributed by atoms with E-state index in [9.17, 15) is 4.79 Å². The fraction of sp³-hybridized carbons (Fsp3) is 0.720. The summed E-state index contributed by atoms with van der Waals surface area (Å²) in [5.41, 5.74) is 0.881. The van der Waals surface area contributed by atoms with Crippen molar-refractivity contribution in [3.05, 3.63) is 35.9 Å². The lowest BCUT2D eigenvalue weighted by Gasteiger charge is -2.49. The molecule has 2 aliphatic rings. The Kier molecular flexibility index (Phi) is 6.67. The monoisotopic (exact) mass is 446 g/mol. The molecular formula is C25H42N2O3Si. The van der Waals surface area contributed by atoms with Crippen molar-refractivity contribution < 1.29 is 14.0 Å². The van der Waals surface area contributed by atoms with E-state index in [2.05, 4.69) is 69.1 Å². The summed E-state index contributed by atoms with van der Waals surface area (Å²) in [6.45, 7) is 20.2. The molecular weight excluding hydrogens is 404 g/mol. The molecule has 1 saturated heterocycles. The minimum atomic E-state index is -1.89. The van der Waals surface area contributed by atoms with E-state index in [-0.39, 0.29) is 22.7 Å². The van der Waals surface area contributed by atoms with E-state index in [1.54, 1.807) is 0 Å². The predicted octanol–water partition coefficient (Wildman–Crippen LogP) is 5.66. The van der Waals surface area contributed by atoms with Gasteiger partial charge in [-0.15, -0.1) is 0 Å². The first kappa shape index (κ1) is 24.3. The van der Waals surface area contributed by atoms with Crippen LogP contribution in [0, 0.1) is 0 Å². The lowest BCUT2D eigenvalue weighted by molar-refractivity contribution is -0.0348. The van der Waals surface area contributed by atoms with Gasteiger partial charge in [0.15, 0.2) is 8.32 Å². The van der Waals surface area contributed by atoms with Crippen LogP contribution in [0.3, 0.4) is 0 Å². The van der Waals surface area contributed by atoms with Crippen LogP contribution in [0.1, 0.15) is 59.9 Å². The quantitative estimate of drug-likeness (QED) is 0.547. The van der Waals surface area contributed by atoms with E-state index in [0.29, 0.717) is 13.2 Å². The summed E-state index contributed by atoms with van der Waals surface area (Å²) in [5, 5.41) is 0.161. The summed E-state index contributed by atoms with van der Waals surface area (Å²) in [5.74, 6) is 0. The molecule has 0 N–H and O–H groups in total. The molecule has 0 unspecified atom stereocenters. The Morgan fingerprint density at radius 2 is 1.71 bits per heavy atom. The maximum atomic E-state index is 13.0. The SMILES string of the molecule is CC(C)(C)OC(=O)N1C[C@H](CO[Si](C)(C)C(C)(C)C)N(Cc2ccccc2)C2(CC2)C1. The van der Waals surface area contributed by atoms with Crippen molar-refractivity contribution in [2.24, 2.45) is 0 Å².